The maximum absolute atomic E-state index is 10.6. The van der Waals surface area contributed by atoms with Crippen LogP contribution in [0.25, 0.3) is 0 Å². The van der Waals surface area contributed by atoms with Crippen molar-refractivity contribution in [2.75, 3.05) is 6.54 Å². The molecule has 0 aromatic rings. The van der Waals surface area contributed by atoms with Crippen LogP contribution in [0.5, 0.6) is 0 Å². The fourth-order valence-corrected chi connectivity index (χ4v) is 1.50. The van der Waals surface area contributed by atoms with Gasteiger partial charge in [-0.2, -0.15) is 0 Å². The monoisotopic (exact) mass is 203 g/mol. The summed E-state index contributed by atoms with van der Waals surface area (Å²) in [6, 6.07) is -0.914. The highest BCUT2D eigenvalue weighted by Crippen LogP contribution is 2.18. The molecule has 1 aliphatic rings. The summed E-state index contributed by atoms with van der Waals surface area (Å²) in [5, 5.41) is 21.0. The smallest absolute Gasteiger partial charge is 0.323 e. The van der Waals surface area contributed by atoms with E-state index in [-0.39, 0.29) is 5.60 Å². The van der Waals surface area contributed by atoms with Gasteiger partial charge in [-0.1, -0.05) is 0 Å². The molecule has 0 amide bonds. The van der Waals surface area contributed by atoms with Gasteiger partial charge in [0.05, 0.1) is 11.7 Å². The van der Waals surface area contributed by atoms with E-state index in [0.717, 1.165) is 0 Å². The molecule has 2 unspecified atom stereocenters. The molecule has 0 aromatic heterocycles. The third kappa shape index (κ3) is 2.67. The zero-order chi connectivity index (χ0) is 10.9. The first-order valence-corrected chi connectivity index (χ1v) is 4.63. The average Bonchev–Trinajstić information content (AvgIpc) is 2.29. The number of carboxylic acids is 1. The Hall–Kier alpha value is -0.650. The molecule has 3 atom stereocenters. The van der Waals surface area contributed by atoms with Crippen LogP contribution in [-0.2, 0) is 9.53 Å². The number of aliphatic hydroxyl groups is 1. The highest BCUT2D eigenvalue weighted by Gasteiger charge is 2.41. The molecule has 5 heteroatoms. The maximum atomic E-state index is 10.6. The third-order valence-corrected chi connectivity index (χ3v) is 2.03. The van der Waals surface area contributed by atoms with Crippen LogP contribution in [0.2, 0.25) is 0 Å². The van der Waals surface area contributed by atoms with E-state index >= 15 is 0 Å². The fourth-order valence-electron chi connectivity index (χ4n) is 1.50. The van der Waals surface area contributed by atoms with E-state index in [9.17, 15) is 9.90 Å². The first-order valence-electron chi connectivity index (χ1n) is 4.63. The molecule has 3 N–H and O–H groups in total. The van der Waals surface area contributed by atoms with E-state index in [1.54, 1.807) is 0 Å². The first kappa shape index (κ1) is 11.4. The van der Waals surface area contributed by atoms with Crippen molar-refractivity contribution in [1.29, 1.82) is 0 Å². The Kier molecular flexibility index (Phi) is 3.14. The van der Waals surface area contributed by atoms with Crippen LogP contribution in [0.15, 0.2) is 0 Å². The van der Waals surface area contributed by atoms with E-state index in [2.05, 4.69) is 5.32 Å². The highest BCUT2D eigenvalue weighted by molar-refractivity contribution is 5.74. The van der Waals surface area contributed by atoms with Crippen molar-refractivity contribution in [3.05, 3.63) is 0 Å². The first-order chi connectivity index (χ1) is 6.31. The standard InChI is InChI=1S/C9H17NO4/c1-9(2,3)14-5-4-10-6(7(5)11)8(12)13/h5-7,10-11H,4H2,1-3H3,(H,12,13)/t5?,6-,7?/m0/s1. The third-order valence-electron chi connectivity index (χ3n) is 2.03. The van der Waals surface area contributed by atoms with Gasteiger partial charge in [-0.15, -0.1) is 0 Å². The van der Waals surface area contributed by atoms with Crippen LogP contribution < -0.4 is 5.32 Å². The predicted molar refractivity (Wildman–Crippen MR) is 50.1 cm³/mol. The van der Waals surface area contributed by atoms with Crippen LogP contribution in [0.1, 0.15) is 20.8 Å². The molecular weight excluding hydrogens is 186 g/mol. The lowest BCUT2D eigenvalue weighted by Gasteiger charge is -2.26. The van der Waals surface area contributed by atoms with Crippen molar-refractivity contribution >= 4 is 5.97 Å². The van der Waals surface area contributed by atoms with Crippen LogP contribution in [0.3, 0.4) is 0 Å². The van der Waals surface area contributed by atoms with Gasteiger partial charge in [-0.05, 0) is 20.8 Å². The molecule has 1 aliphatic heterocycles. The number of aliphatic carboxylic acids is 1. The molecule has 1 rings (SSSR count). The van der Waals surface area contributed by atoms with Crippen molar-refractivity contribution in [1.82, 2.24) is 5.32 Å². The van der Waals surface area contributed by atoms with E-state index in [1.807, 2.05) is 20.8 Å². The summed E-state index contributed by atoms with van der Waals surface area (Å²) in [5.41, 5.74) is -0.374. The van der Waals surface area contributed by atoms with Crippen molar-refractivity contribution in [3.8, 4) is 0 Å². The summed E-state index contributed by atoms with van der Waals surface area (Å²) >= 11 is 0. The maximum Gasteiger partial charge on any atom is 0.323 e. The van der Waals surface area contributed by atoms with Crippen LogP contribution in [0, 0.1) is 0 Å². The topological polar surface area (TPSA) is 78.8 Å². The summed E-state index contributed by atoms with van der Waals surface area (Å²) < 4.78 is 5.52. The minimum atomic E-state index is -1.04. The Balaban J connectivity index is 2.56. The van der Waals surface area contributed by atoms with Crippen LogP contribution in [0.4, 0.5) is 0 Å². The lowest BCUT2D eigenvalue weighted by Crippen LogP contribution is -2.42. The number of carboxylic acid groups (broad SMARTS) is 1. The Labute approximate surface area is 83.1 Å². The van der Waals surface area contributed by atoms with Crippen molar-refractivity contribution in [2.45, 2.75) is 44.6 Å². The summed E-state index contributed by atoms with van der Waals surface area (Å²) in [5.74, 6) is -1.04. The van der Waals surface area contributed by atoms with Crippen molar-refractivity contribution in [2.24, 2.45) is 0 Å². The molecule has 82 valence electrons. The summed E-state index contributed by atoms with van der Waals surface area (Å²) in [6.07, 6.45) is -1.43. The van der Waals surface area contributed by atoms with Gasteiger partial charge in [0.15, 0.2) is 0 Å². The molecule has 0 aliphatic carbocycles. The minimum Gasteiger partial charge on any atom is -0.480 e. The Morgan fingerprint density at radius 2 is 2.07 bits per heavy atom. The number of nitrogens with one attached hydrogen (secondary N) is 1. The minimum absolute atomic E-state index is 0.370. The molecule has 1 saturated heterocycles. The quantitative estimate of drug-likeness (QED) is 0.568. The number of hydrogen-bond donors (Lipinski definition) is 3. The predicted octanol–water partition coefficient (Wildman–Crippen LogP) is -0.413. The van der Waals surface area contributed by atoms with Gasteiger partial charge < -0.3 is 14.9 Å². The fraction of sp³-hybridized carbons (Fsp3) is 0.889. The van der Waals surface area contributed by atoms with E-state index < -0.39 is 24.2 Å². The van der Waals surface area contributed by atoms with Gasteiger partial charge in [0, 0.05) is 6.54 Å². The second kappa shape index (κ2) is 3.84. The molecule has 0 saturated carbocycles. The summed E-state index contributed by atoms with van der Waals surface area (Å²) in [4.78, 5) is 10.6. The highest BCUT2D eigenvalue weighted by atomic mass is 16.5. The van der Waals surface area contributed by atoms with Gasteiger partial charge in [-0.25, -0.2) is 0 Å². The largest absolute Gasteiger partial charge is 0.480 e. The number of aliphatic hydroxyl groups excluding tert-OH is 1. The molecule has 14 heavy (non-hydrogen) atoms. The van der Waals surface area contributed by atoms with E-state index in [4.69, 9.17) is 9.84 Å². The lowest BCUT2D eigenvalue weighted by molar-refractivity contribution is -0.144. The summed E-state index contributed by atoms with van der Waals surface area (Å²) in [7, 11) is 0. The van der Waals surface area contributed by atoms with Crippen molar-refractivity contribution < 1.29 is 19.7 Å². The molecule has 5 nitrogen and oxygen atoms in total. The molecule has 0 bridgehead atoms. The second-order valence-electron chi connectivity index (χ2n) is 4.48. The van der Waals surface area contributed by atoms with Gasteiger partial charge in [0.25, 0.3) is 0 Å². The zero-order valence-corrected chi connectivity index (χ0v) is 8.65. The Morgan fingerprint density at radius 1 is 1.50 bits per heavy atom. The normalized spacial score (nSPS) is 33.3. The molecule has 1 heterocycles. The lowest BCUT2D eigenvalue weighted by atomic mass is 10.1. The van der Waals surface area contributed by atoms with Gasteiger partial charge >= 0.3 is 5.97 Å². The van der Waals surface area contributed by atoms with Crippen LogP contribution >= 0.6 is 0 Å². The molecule has 0 aromatic carbocycles. The number of carbonyl (C=O) groups is 1. The van der Waals surface area contributed by atoms with Gasteiger partial charge in [-0.3, -0.25) is 10.1 Å². The van der Waals surface area contributed by atoms with Crippen molar-refractivity contribution in [3.63, 3.8) is 0 Å². The Bertz CT molecular complexity index is 223. The number of rotatable bonds is 2. The van der Waals surface area contributed by atoms with E-state index in [1.165, 1.54) is 0 Å². The molecule has 1 fully saturated rings. The van der Waals surface area contributed by atoms with Gasteiger partial charge in [0.2, 0.25) is 0 Å². The zero-order valence-electron chi connectivity index (χ0n) is 8.65. The second-order valence-corrected chi connectivity index (χ2v) is 4.48. The summed E-state index contributed by atoms with van der Waals surface area (Å²) in [6.45, 7) is 5.98. The average molecular weight is 203 g/mol. The van der Waals surface area contributed by atoms with Gasteiger partial charge in [0.1, 0.15) is 12.1 Å². The molecular formula is C9H17NO4. The number of ether oxygens (including phenoxy) is 1. The van der Waals surface area contributed by atoms with Crippen LogP contribution in [-0.4, -0.2) is 46.6 Å². The Morgan fingerprint density at radius 3 is 2.43 bits per heavy atom. The molecule has 0 spiro atoms. The number of hydrogen-bond acceptors (Lipinski definition) is 4. The SMILES string of the molecule is CC(C)(C)OC1CN[C@H](C(=O)O)C1O. The molecule has 0 radical (unpaired) electrons. The van der Waals surface area contributed by atoms with E-state index in [0.29, 0.717) is 6.54 Å².